The van der Waals surface area contributed by atoms with Gasteiger partial charge in [0.05, 0.1) is 0 Å². The average molecular weight is 270 g/mol. The van der Waals surface area contributed by atoms with Crippen LogP contribution in [-0.4, -0.2) is 25.0 Å². The Labute approximate surface area is 123 Å². The molecule has 1 heteroatoms. The van der Waals surface area contributed by atoms with Gasteiger partial charge in [-0.05, 0) is 26.9 Å². The number of rotatable bonds is 14. The van der Waals surface area contributed by atoms with Crippen molar-refractivity contribution in [1.29, 1.82) is 0 Å². The van der Waals surface area contributed by atoms with Crippen molar-refractivity contribution in [3.63, 3.8) is 0 Å². The minimum absolute atomic E-state index is 0.827. The Kier molecular flexibility index (Phi) is 14.3. The molecule has 0 aliphatic heterocycles. The maximum Gasteiger partial charge on any atom is 0.00891 e. The number of nitrogens with zero attached hydrogens (tertiary/aromatic N) is 1. The quantitative estimate of drug-likeness (QED) is 0.348. The normalized spacial score (nSPS) is 13.1. The summed E-state index contributed by atoms with van der Waals surface area (Å²) in [6.07, 6.45) is 18.5. The van der Waals surface area contributed by atoms with E-state index in [1.165, 1.54) is 83.5 Å². The third kappa shape index (κ3) is 12.7. The zero-order chi connectivity index (χ0) is 14.3. The second kappa shape index (κ2) is 14.4. The molecule has 0 bridgehead atoms. The lowest BCUT2D eigenvalue weighted by Crippen LogP contribution is -2.27. The van der Waals surface area contributed by atoms with Crippen molar-refractivity contribution in [2.45, 2.75) is 103 Å². The van der Waals surface area contributed by atoms with Crippen molar-refractivity contribution >= 4 is 0 Å². The van der Waals surface area contributed by atoms with E-state index < -0.39 is 0 Å². The lowest BCUT2D eigenvalue weighted by atomic mass is 9.99. The summed E-state index contributed by atoms with van der Waals surface area (Å²) in [6, 6.07) is 0.827. The molecule has 0 aromatic carbocycles. The lowest BCUT2D eigenvalue weighted by molar-refractivity contribution is 0.251. The summed E-state index contributed by atoms with van der Waals surface area (Å²) in [5.41, 5.74) is 0. The van der Waals surface area contributed by atoms with Crippen LogP contribution in [0.2, 0.25) is 0 Å². The van der Waals surface area contributed by atoms with Gasteiger partial charge in [0.25, 0.3) is 0 Å². The van der Waals surface area contributed by atoms with Crippen molar-refractivity contribution in [2.75, 3.05) is 14.1 Å². The van der Waals surface area contributed by atoms with Gasteiger partial charge >= 0.3 is 0 Å². The molecule has 0 N–H and O–H groups in total. The first-order valence-corrected chi connectivity index (χ1v) is 8.88. The van der Waals surface area contributed by atoms with Crippen molar-refractivity contribution in [3.05, 3.63) is 0 Å². The Morgan fingerprint density at radius 1 is 0.579 bits per heavy atom. The van der Waals surface area contributed by atoms with Crippen LogP contribution in [0.1, 0.15) is 97.3 Å². The molecule has 19 heavy (non-hydrogen) atoms. The molecule has 0 heterocycles. The second-order valence-electron chi connectivity index (χ2n) is 6.38. The van der Waals surface area contributed by atoms with Crippen LogP contribution in [0.25, 0.3) is 0 Å². The van der Waals surface area contributed by atoms with Crippen LogP contribution in [0.15, 0.2) is 0 Å². The van der Waals surface area contributed by atoms with Gasteiger partial charge in [-0.25, -0.2) is 0 Å². The topological polar surface area (TPSA) is 3.24 Å². The maximum atomic E-state index is 2.45. The summed E-state index contributed by atoms with van der Waals surface area (Å²) in [7, 11) is 4.52. The molecule has 1 atom stereocenters. The fourth-order valence-corrected chi connectivity index (χ4v) is 2.80. The summed E-state index contributed by atoms with van der Waals surface area (Å²) in [4.78, 5) is 2.45. The highest BCUT2D eigenvalue weighted by Gasteiger charge is 2.10. The fraction of sp³-hybridized carbons (Fsp3) is 1.00. The smallest absolute Gasteiger partial charge is 0.00891 e. The minimum atomic E-state index is 0.827. The molecule has 116 valence electrons. The third-order valence-corrected chi connectivity index (χ3v) is 4.26. The van der Waals surface area contributed by atoms with Crippen molar-refractivity contribution in [2.24, 2.45) is 0 Å². The molecular weight excluding hydrogens is 230 g/mol. The highest BCUT2D eigenvalue weighted by atomic mass is 15.1. The van der Waals surface area contributed by atoms with Crippen LogP contribution in [0.5, 0.6) is 0 Å². The number of hydrogen-bond donors (Lipinski definition) is 0. The standard InChI is InChI=1S/C18H39N/c1-5-7-9-11-13-15-17-18(19(3)4)16-14-12-10-8-6-2/h18H,5-17H2,1-4H3. The highest BCUT2D eigenvalue weighted by molar-refractivity contribution is 4.66. The van der Waals surface area contributed by atoms with E-state index in [9.17, 15) is 0 Å². The lowest BCUT2D eigenvalue weighted by Gasteiger charge is -2.24. The van der Waals surface area contributed by atoms with E-state index in [2.05, 4.69) is 32.8 Å². The van der Waals surface area contributed by atoms with Crippen molar-refractivity contribution in [3.8, 4) is 0 Å². The van der Waals surface area contributed by atoms with Gasteiger partial charge in [0.15, 0.2) is 0 Å². The van der Waals surface area contributed by atoms with Gasteiger partial charge in [-0.3, -0.25) is 0 Å². The molecular formula is C18H39N. The Morgan fingerprint density at radius 2 is 0.947 bits per heavy atom. The maximum absolute atomic E-state index is 2.45. The molecule has 0 radical (unpaired) electrons. The summed E-state index contributed by atoms with van der Waals surface area (Å²) >= 11 is 0. The molecule has 0 aliphatic carbocycles. The van der Waals surface area contributed by atoms with Crippen LogP contribution in [0.3, 0.4) is 0 Å². The number of hydrogen-bond acceptors (Lipinski definition) is 1. The summed E-state index contributed by atoms with van der Waals surface area (Å²) < 4.78 is 0. The first-order valence-electron chi connectivity index (χ1n) is 8.88. The molecule has 1 unspecified atom stereocenters. The van der Waals surface area contributed by atoms with Crippen LogP contribution < -0.4 is 0 Å². The Balaban J connectivity index is 3.51. The predicted molar refractivity (Wildman–Crippen MR) is 88.8 cm³/mol. The van der Waals surface area contributed by atoms with E-state index in [-0.39, 0.29) is 0 Å². The molecule has 0 saturated carbocycles. The zero-order valence-corrected chi connectivity index (χ0v) is 14.2. The fourth-order valence-electron chi connectivity index (χ4n) is 2.80. The zero-order valence-electron chi connectivity index (χ0n) is 14.2. The van der Waals surface area contributed by atoms with Gasteiger partial charge in [-0.1, -0.05) is 84.5 Å². The van der Waals surface area contributed by atoms with E-state index in [1.54, 1.807) is 0 Å². The molecule has 1 nitrogen and oxygen atoms in total. The molecule has 0 aromatic heterocycles. The van der Waals surface area contributed by atoms with E-state index in [4.69, 9.17) is 0 Å². The van der Waals surface area contributed by atoms with Crippen LogP contribution in [0.4, 0.5) is 0 Å². The summed E-state index contributed by atoms with van der Waals surface area (Å²) in [5.74, 6) is 0. The first-order chi connectivity index (χ1) is 9.22. The van der Waals surface area contributed by atoms with Crippen LogP contribution >= 0.6 is 0 Å². The Bertz CT molecular complexity index is 165. The van der Waals surface area contributed by atoms with Crippen molar-refractivity contribution < 1.29 is 0 Å². The van der Waals surface area contributed by atoms with Gasteiger partial charge in [-0.2, -0.15) is 0 Å². The molecule has 0 rings (SSSR count). The number of unbranched alkanes of at least 4 members (excludes halogenated alkanes) is 9. The molecule has 0 spiro atoms. The van der Waals surface area contributed by atoms with Crippen LogP contribution in [0, 0.1) is 0 Å². The first kappa shape index (κ1) is 19.0. The average Bonchev–Trinajstić information content (AvgIpc) is 2.39. The molecule has 0 aromatic rings. The van der Waals surface area contributed by atoms with Gasteiger partial charge in [-0.15, -0.1) is 0 Å². The minimum Gasteiger partial charge on any atom is -0.306 e. The van der Waals surface area contributed by atoms with E-state index in [0.717, 1.165) is 6.04 Å². The van der Waals surface area contributed by atoms with Gasteiger partial charge < -0.3 is 4.90 Å². The Morgan fingerprint density at radius 3 is 1.32 bits per heavy atom. The van der Waals surface area contributed by atoms with Gasteiger partial charge in [0.2, 0.25) is 0 Å². The van der Waals surface area contributed by atoms with Crippen molar-refractivity contribution in [1.82, 2.24) is 4.90 Å². The largest absolute Gasteiger partial charge is 0.306 e. The Hall–Kier alpha value is -0.0400. The second-order valence-corrected chi connectivity index (χ2v) is 6.38. The van der Waals surface area contributed by atoms with E-state index in [0.29, 0.717) is 0 Å². The molecule has 0 saturated heterocycles. The van der Waals surface area contributed by atoms with E-state index in [1.807, 2.05) is 0 Å². The SMILES string of the molecule is CCCCCCCCC(CCCCCCC)N(C)C. The summed E-state index contributed by atoms with van der Waals surface area (Å²) in [5, 5.41) is 0. The van der Waals surface area contributed by atoms with Gasteiger partial charge in [0, 0.05) is 6.04 Å². The molecule has 0 amide bonds. The van der Waals surface area contributed by atoms with Gasteiger partial charge in [0.1, 0.15) is 0 Å². The third-order valence-electron chi connectivity index (χ3n) is 4.26. The predicted octanol–water partition coefficient (Wildman–Crippen LogP) is 6.03. The summed E-state index contributed by atoms with van der Waals surface area (Å²) in [6.45, 7) is 4.59. The monoisotopic (exact) mass is 269 g/mol. The van der Waals surface area contributed by atoms with E-state index >= 15 is 0 Å². The van der Waals surface area contributed by atoms with Crippen LogP contribution in [-0.2, 0) is 0 Å². The molecule has 0 aliphatic rings. The highest BCUT2D eigenvalue weighted by Crippen LogP contribution is 2.16. The molecule has 0 fully saturated rings.